The Morgan fingerprint density at radius 3 is 2.68 bits per heavy atom. The summed E-state index contributed by atoms with van der Waals surface area (Å²) in [4.78, 5) is 18.9. The molecule has 1 aliphatic rings. The Hall–Kier alpha value is -2.88. The molecule has 0 unspecified atom stereocenters. The number of nitrogens with one attached hydrogen (secondary N) is 4. The van der Waals surface area contributed by atoms with Crippen molar-refractivity contribution in [1.29, 1.82) is 10.8 Å². The van der Waals surface area contributed by atoms with Crippen molar-refractivity contribution in [2.24, 2.45) is 16.5 Å². The second-order valence-electron chi connectivity index (χ2n) is 5.76. The number of hydrogen-bond donors (Lipinski definition) is 6. The van der Waals surface area contributed by atoms with Crippen LogP contribution in [0.5, 0.6) is 0 Å². The van der Waals surface area contributed by atoms with E-state index in [-0.39, 0.29) is 29.6 Å². The molecule has 2 rings (SSSR count). The van der Waals surface area contributed by atoms with Gasteiger partial charge in [0, 0.05) is 18.2 Å². The minimum atomic E-state index is -1.03. The SMILES string of the molecule is N=C(/N=C(/Nc1cncc(F)c1)C(=N)C(N)=O)N[C@@H]1CCCC[C@@H]1N. The van der Waals surface area contributed by atoms with Crippen molar-refractivity contribution in [1.82, 2.24) is 10.3 Å². The van der Waals surface area contributed by atoms with Gasteiger partial charge >= 0.3 is 0 Å². The van der Waals surface area contributed by atoms with Crippen molar-refractivity contribution < 1.29 is 9.18 Å². The van der Waals surface area contributed by atoms with Crippen LogP contribution in [0.25, 0.3) is 0 Å². The highest BCUT2D eigenvalue weighted by Gasteiger charge is 2.23. The molecule has 1 amide bonds. The Balaban J connectivity index is 2.16. The number of amides is 1. The molecule has 1 aromatic rings. The van der Waals surface area contributed by atoms with E-state index in [1.165, 1.54) is 6.20 Å². The summed E-state index contributed by atoms with van der Waals surface area (Å²) in [5.74, 6) is -2.17. The molecule has 1 aliphatic carbocycles. The maximum atomic E-state index is 13.2. The maximum absolute atomic E-state index is 13.2. The Bertz CT molecular complexity index is 705. The van der Waals surface area contributed by atoms with E-state index in [0.29, 0.717) is 0 Å². The van der Waals surface area contributed by atoms with E-state index in [1.807, 2.05) is 0 Å². The summed E-state index contributed by atoms with van der Waals surface area (Å²) in [7, 11) is 0. The molecule has 1 aromatic heterocycles. The second kappa shape index (κ2) is 8.29. The Labute approximate surface area is 144 Å². The second-order valence-corrected chi connectivity index (χ2v) is 5.76. The number of anilines is 1. The van der Waals surface area contributed by atoms with Crippen LogP contribution in [0.2, 0.25) is 0 Å². The molecule has 0 spiro atoms. The van der Waals surface area contributed by atoms with Crippen LogP contribution in [0.15, 0.2) is 23.5 Å². The van der Waals surface area contributed by atoms with Crippen molar-refractivity contribution in [2.75, 3.05) is 5.32 Å². The molecule has 25 heavy (non-hydrogen) atoms. The third-order valence-electron chi connectivity index (χ3n) is 3.82. The average molecular weight is 348 g/mol. The highest BCUT2D eigenvalue weighted by atomic mass is 19.1. The monoisotopic (exact) mass is 348 g/mol. The lowest BCUT2D eigenvalue weighted by Gasteiger charge is -2.29. The van der Waals surface area contributed by atoms with Gasteiger partial charge in [-0.15, -0.1) is 0 Å². The molecule has 1 heterocycles. The van der Waals surface area contributed by atoms with E-state index in [9.17, 15) is 9.18 Å². The summed E-state index contributed by atoms with van der Waals surface area (Å²) in [6, 6.07) is 0.916. The Kier molecular flexibility index (Phi) is 6.12. The zero-order valence-electron chi connectivity index (χ0n) is 13.6. The standard InChI is InChI=1S/C15H21FN8O/c16-8-5-9(7-21-6-8)22-14(12(18)13(19)25)24-15(20)23-11-4-2-1-3-10(11)17/h5-7,10-11,18H,1-4,17H2,(H2,19,25)(H3,20,22,23,24)/t10-,11+/m0/s1. The van der Waals surface area contributed by atoms with Gasteiger partial charge in [-0.05, 0) is 12.8 Å². The largest absolute Gasteiger partial charge is 0.364 e. The van der Waals surface area contributed by atoms with Gasteiger partial charge < -0.3 is 22.1 Å². The minimum Gasteiger partial charge on any atom is -0.364 e. The molecule has 8 N–H and O–H groups in total. The van der Waals surface area contributed by atoms with Crippen LogP contribution in [-0.2, 0) is 4.79 Å². The third kappa shape index (κ3) is 5.31. The molecule has 0 radical (unpaired) electrons. The van der Waals surface area contributed by atoms with E-state index in [2.05, 4.69) is 20.6 Å². The van der Waals surface area contributed by atoms with Gasteiger partial charge in [-0.3, -0.25) is 20.6 Å². The number of guanidine groups is 1. The number of aliphatic imine (C=N–C) groups is 1. The van der Waals surface area contributed by atoms with Crippen molar-refractivity contribution >= 4 is 29.1 Å². The molecule has 0 aliphatic heterocycles. The van der Waals surface area contributed by atoms with E-state index < -0.39 is 17.4 Å². The van der Waals surface area contributed by atoms with Gasteiger partial charge in [0.1, 0.15) is 5.82 Å². The normalized spacial score (nSPS) is 20.6. The van der Waals surface area contributed by atoms with Crippen molar-refractivity contribution in [3.05, 3.63) is 24.3 Å². The molecule has 1 saturated carbocycles. The number of hydrogen-bond acceptors (Lipinski definition) is 5. The highest BCUT2D eigenvalue weighted by Crippen LogP contribution is 2.16. The average Bonchev–Trinajstić information content (AvgIpc) is 2.55. The number of carbonyl (C=O) groups excluding carboxylic acids is 1. The first-order chi connectivity index (χ1) is 11.9. The molecule has 0 saturated heterocycles. The van der Waals surface area contributed by atoms with Crippen LogP contribution >= 0.6 is 0 Å². The van der Waals surface area contributed by atoms with Gasteiger partial charge in [0.2, 0.25) is 5.96 Å². The predicted octanol–water partition coefficient (Wildman–Crippen LogP) is 0.330. The number of carbonyl (C=O) groups is 1. The maximum Gasteiger partial charge on any atom is 0.270 e. The first-order valence-electron chi connectivity index (χ1n) is 7.82. The van der Waals surface area contributed by atoms with Gasteiger partial charge in [0.25, 0.3) is 5.91 Å². The zero-order chi connectivity index (χ0) is 18.4. The summed E-state index contributed by atoms with van der Waals surface area (Å²) in [5.41, 5.74) is 10.7. The molecule has 10 heteroatoms. The van der Waals surface area contributed by atoms with Crippen molar-refractivity contribution in [2.45, 2.75) is 37.8 Å². The molecule has 0 bridgehead atoms. The summed E-state index contributed by atoms with van der Waals surface area (Å²) in [6.45, 7) is 0. The van der Waals surface area contributed by atoms with E-state index in [4.69, 9.17) is 22.3 Å². The fourth-order valence-electron chi connectivity index (χ4n) is 2.54. The molecular formula is C15H21FN8O. The number of halogens is 1. The fourth-order valence-corrected chi connectivity index (χ4v) is 2.54. The lowest BCUT2D eigenvalue weighted by atomic mass is 9.91. The lowest BCUT2D eigenvalue weighted by Crippen LogP contribution is -2.49. The lowest BCUT2D eigenvalue weighted by molar-refractivity contribution is -0.111. The predicted molar refractivity (Wildman–Crippen MR) is 93.3 cm³/mol. The molecule has 9 nitrogen and oxygen atoms in total. The van der Waals surface area contributed by atoms with Crippen molar-refractivity contribution in [3.8, 4) is 0 Å². The van der Waals surface area contributed by atoms with Crippen LogP contribution in [-0.4, -0.2) is 40.5 Å². The van der Waals surface area contributed by atoms with Crippen molar-refractivity contribution in [3.63, 3.8) is 0 Å². The number of nitrogens with two attached hydrogens (primary N) is 2. The molecule has 0 aromatic carbocycles. The van der Waals surface area contributed by atoms with Crippen LogP contribution in [0.4, 0.5) is 10.1 Å². The molecule has 134 valence electrons. The highest BCUT2D eigenvalue weighted by molar-refractivity contribution is 6.67. The van der Waals surface area contributed by atoms with Crippen LogP contribution in [0.3, 0.4) is 0 Å². The number of aromatic nitrogens is 1. The van der Waals surface area contributed by atoms with Gasteiger partial charge in [-0.25, -0.2) is 4.39 Å². The van der Waals surface area contributed by atoms with Gasteiger partial charge in [-0.1, -0.05) is 12.8 Å². The summed E-state index contributed by atoms with van der Waals surface area (Å²) in [5, 5.41) is 21.2. The summed E-state index contributed by atoms with van der Waals surface area (Å²) in [6.07, 6.45) is 6.01. The number of amidine groups is 1. The van der Waals surface area contributed by atoms with E-state index in [0.717, 1.165) is 37.9 Å². The number of nitrogens with zero attached hydrogens (tertiary/aromatic N) is 2. The Morgan fingerprint density at radius 2 is 2.04 bits per heavy atom. The quantitative estimate of drug-likeness (QED) is 0.340. The van der Waals surface area contributed by atoms with E-state index in [1.54, 1.807) is 0 Å². The minimum absolute atomic E-state index is 0.0938. The third-order valence-corrected chi connectivity index (χ3v) is 3.82. The molecular weight excluding hydrogens is 327 g/mol. The number of pyridine rings is 1. The van der Waals surface area contributed by atoms with E-state index >= 15 is 0 Å². The molecule has 2 atom stereocenters. The van der Waals surface area contributed by atoms with Gasteiger partial charge in [-0.2, -0.15) is 4.99 Å². The summed E-state index contributed by atoms with van der Waals surface area (Å²) >= 11 is 0. The first kappa shape index (κ1) is 18.5. The van der Waals surface area contributed by atoms with Crippen LogP contribution < -0.4 is 22.1 Å². The summed E-state index contributed by atoms with van der Waals surface area (Å²) < 4.78 is 13.2. The number of primary amides is 1. The first-order valence-corrected chi connectivity index (χ1v) is 7.82. The Morgan fingerprint density at radius 1 is 1.32 bits per heavy atom. The van der Waals surface area contributed by atoms with Crippen LogP contribution in [0, 0.1) is 16.6 Å². The fraction of sp³-hybridized carbons (Fsp3) is 0.400. The topological polar surface area (TPSA) is 166 Å². The smallest absolute Gasteiger partial charge is 0.270 e. The van der Waals surface area contributed by atoms with Gasteiger partial charge in [0.15, 0.2) is 11.5 Å². The molecule has 1 fully saturated rings. The number of rotatable bonds is 4. The van der Waals surface area contributed by atoms with Gasteiger partial charge in [0.05, 0.1) is 18.1 Å². The van der Waals surface area contributed by atoms with Crippen LogP contribution in [0.1, 0.15) is 25.7 Å². The zero-order valence-corrected chi connectivity index (χ0v) is 13.6.